The Morgan fingerprint density at radius 1 is 1.30 bits per heavy atom. The van der Waals surface area contributed by atoms with E-state index in [1.165, 1.54) is 11.8 Å². The monoisotopic (exact) mass is 313 g/mol. The molecule has 2 N–H and O–H groups in total. The van der Waals surface area contributed by atoms with Gasteiger partial charge in [-0.25, -0.2) is 0 Å². The van der Waals surface area contributed by atoms with Crippen molar-refractivity contribution in [3.8, 4) is 0 Å². The van der Waals surface area contributed by atoms with Crippen molar-refractivity contribution in [3.05, 3.63) is 59.5 Å². The second-order valence-corrected chi connectivity index (χ2v) is 6.07. The predicted molar refractivity (Wildman–Crippen MR) is 88.8 cm³/mol. The summed E-state index contributed by atoms with van der Waals surface area (Å²) in [5.41, 5.74) is 7.43. The number of nitrogens with two attached hydrogens (primary N) is 1. The number of carbonyl (C=O) groups excluding carboxylic acids is 1. The molecule has 2 aromatic rings. The number of nitrogens with zero attached hydrogens (tertiary/aromatic N) is 2. The zero-order chi connectivity index (χ0) is 16.2. The highest BCUT2D eigenvalue weighted by atomic mass is 16.3. The summed E-state index contributed by atoms with van der Waals surface area (Å²) in [6.07, 6.45) is 1.51. The third kappa shape index (κ3) is 3.63. The molecule has 1 unspecified atom stereocenters. The summed E-state index contributed by atoms with van der Waals surface area (Å²) in [6.45, 7) is 5.83. The smallest absolute Gasteiger partial charge is 0.257 e. The maximum absolute atomic E-state index is 12.6. The van der Waals surface area contributed by atoms with Crippen LogP contribution in [0.1, 0.15) is 28.6 Å². The normalized spacial score (nSPS) is 19.0. The summed E-state index contributed by atoms with van der Waals surface area (Å²) >= 11 is 0. The summed E-state index contributed by atoms with van der Waals surface area (Å²) in [7, 11) is 0. The highest BCUT2D eigenvalue weighted by Crippen LogP contribution is 2.17. The molecule has 122 valence electrons. The molecule has 5 heteroatoms. The summed E-state index contributed by atoms with van der Waals surface area (Å²) in [5.74, 6) is 0.670. The lowest BCUT2D eigenvalue weighted by Crippen LogP contribution is -2.53. The van der Waals surface area contributed by atoms with Crippen LogP contribution in [0.4, 0.5) is 0 Å². The molecule has 5 nitrogen and oxygen atoms in total. The van der Waals surface area contributed by atoms with E-state index in [9.17, 15) is 4.79 Å². The third-order valence-electron chi connectivity index (χ3n) is 4.32. The predicted octanol–water partition coefficient (Wildman–Crippen LogP) is 2.08. The van der Waals surface area contributed by atoms with Gasteiger partial charge in [0.15, 0.2) is 0 Å². The van der Waals surface area contributed by atoms with Crippen LogP contribution in [-0.4, -0.2) is 41.4 Å². The minimum atomic E-state index is 0.0281. The van der Waals surface area contributed by atoms with E-state index in [2.05, 4.69) is 36.1 Å². The van der Waals surface area contributed by atoms with Gasteiger partial charge in [-0.05, 0) is 18.6 Å². The molecular weight excluding hydrogens is 290 g/mol. The average molecular weight is 313 g/mol. The van der Waals surface area contributed by atoms with E-state index in [0.717, 1.165) is 26.2 Å². The van der Waals surface area contributed by atoms with Crippen molar-refractivity contribution in [3.63, 3.8) is 0 Å². The number of furan rings is 1. The first-order valence-electron chi connectivity index (χ1n) is 8.02. The van der Waals surface area contributed by atoms with Gasteiger partial charge in [-0.1, -0.05) is 30.3 Å². The minimum absolute atomic E-state index is 0.0281. The summed E-state index contributed by atoms with van der Waals surface area (Å²) in [6, 6.07) is 12.4. The highest BCUT2D eigenvalue weighted by Gasteiger charge is 2.28. The lowest BCUT2D eigenvalue weighted by Gasteiger charge is -2.39. The van der Waals surface area contributed by atoms with Crippen LogP contribution in [0.15, 0.2) is 47.1 Å². The molecule has 23 heavy (non-hydrogen) atoms. The fourth-order valence-corrected chi connectivity index (χ4v) is 3.09. The number of benzene rings is 1. The van der Waals surface area contributed by atoms with E-state index in [1.807, 2.05) is 11.0 Å². The molecule has 1 amide bonds. The number of hydrogen-bond acceptors (Lipinski definition) is 4. The van der Waals surface area contributed by atoms with Crippen molar-refractivity contribution in [2.24, 2.45) is 5.73 Å². The first-order valence-corrected chi connectivity index (χ1v) is 8.02. The van der Waals surface area contributed by atoms with Crippen molar-refractivity contribution in [1.29, 1.82) is 0 Å². The summed E-state index contributed by atoms with van der Waals surface area (Å²) in [4.78, 5) is 16.9. The molecule has 0 spiro atoms. The van der Waals surface area contributed by atoms with E-state index in [-0.39, 0.29) is 11.9 Å². The standard InChI is InChI=1S/C18H23N3O2/c1-14-11-20(12-15-5-3-2-4-6-15)7-8-21(14)18(22)16-9-17(10-19)23-13-16/h2-6,9,13-14H,7-8,10-12,19H2,1H3. The molecule has 0 bridgehead atoms. The van der Waals surface area contributed by atoms with Gasteiger partial charge in [0.1, 0.15) is 12.0 Å². The fourth-order valence-electron chi connectivity index (χ4n) is 3.09. The maximum Gasteiger partial charge on any atom is 0.257 e. The first kappa shape index (κ1) is 15.8. The quantitative estimate of drug-likeness (QED) is 0.939. The molecule has 1 aromatic carbocycles. The van der Waals surface area contributed by atoms with Gasteiger partial charge in [0.25, 0.3) is 5.91 Å². The van der Waals surface area contributed by atoms with Gasteiger partial charge in [0.05, 0.1) is 12.1 Å². The van der Waals surface area contributed by atoms with Crippen LogP contribution in [-0.2, 0) is 13.1 Å². The van der Waals surface area contributed by atoms with Gasteiger partial charge in [0.2, 0.25) is 0 Å². The van der Waals surface area contributed by atoms with Crippen LogP contribution in [0, 0.1) is 0 Å². The largest absolute Gasteiger partial charge is 0.467 e. The Morgan fingerprint density at radius 2 is 2.09 bits per heavy atom. The van der Waals surface area contributed by atoms with Crippen LogP contribution in [0.25, 0.3) is 0 Å². The second-order valence-electron chi connectivity index (χ2n) is 6.07. The lowest BCUT2D eigenvalue weighted by atomic mass is 10.1. The van der Waals surface area contributed by atoms with Crippen molar-refractivity contribution < 1.29 is 9.21 Å². The Kier molecular flexibility index (Phi) is 4.79. The van der Waals surface area contributed by atoms with Crippen LogP contribution in [0.2, 0.25) is 0 Å². The van der Waals surface area contributed by atoms with Gasteiger partial charge in [-0.2, -0.15) is 0 Å². The van der Waals surface area contributed by atoms with E-state index in [0.29, 0.717) is 17.9 Å². The molecule has 1 saturated heterocycles. The SMILES string of the molecule is CC1CN(Cc2ccccc2)CCN1C(=O)c1coc(CN)c1. The van der Waals surface area contributed by atoms with Crippen LogP contribution < -0.4 is 5.73 Å². The van der Waals surface area contributed by atoms with E-state index in [4.69, 9.17) is 10.2 Å². The zero-order valence-corrected chi connectivity index (χ0v) is 13.4. The molecule has 3 rings (SSSR count). The van der Waals surface area contributed by atoms with Crippen LogP contribution >= 0.6 is 0 Å². The van der Waals surface area contributed by atoms with E-state index >= 15 is 0 Å². The summed E-state index contributed by atoms with van der Waals surface area (Å²) in [5, 5.41) is 0. The molecule has 0 radical (unpaired) electrons. The number of carbonyl (C=O) groups is 1. The third-order valence-corrected chi connectivity index (χ3v) is 4.32. The highest BCUT2D eigenvalue weighted by molar-refractivity contribution is 5.94. The Labute approximate surface area is 136 Å². The lowest BCUT2D eigenvalue weighted by molar-refractivity contribution is 0.0475. The van der Waals surface area contributed by atoms with Crippen molar-refractivity contribution >= 4 is 5.91 Å². The zero-order valence-electron chi connectivity index (χ0n) is 13.4. The van der Waals surface area contributed by atoms with Crippen molar-refractivity contribution in [2.75, 3.05) is 19.6 Å². The maximum atomic E-state index is 12.6. The first-order chi connectivity index (χ1) is 11.2. The Balaban J connectivity index is 1.61. The molecule has 1 atom stereocenters. The van der Waals surface area contributed by atoms with Crippen molar-refractivity contribution in [2.45, 2.75) is 26.1 Å². The topological polar surface area (TPSA) is 62.7 Å². The fraction of sp³-hybridized carbons (Fsp3) is 0.389. The van der Waals surface area contributed by atoms with Gasteiger partial charge in [-0.15, -0.1) is 0 Å². The van der Waals surface area contributed by atoms with Crippen LogP contribution in [0.5, 0.6) is 0 Å². The molecule has 1 aliphatic heterocycles. The van der Waals surface area contributed by atoms with E-state index in [1.54, 1.807) is 6.07 Å². The van der Waals surface area contributed by atoms with Gasteiger partial charge in [-0.3, -0.25) is 9.69 Å². The van der Waals surface area contributed by atoms with Gasteiger partial charge in [0, 0.05) is 32.2 Å². The molecule has 0 saturated carbocycles. The molecule has 2 heterocycles. The molecular formula is C18H23N3O2. The number of rotatable bonds is 4. The molecule has 1 aromatic heterocycles. The van der Waals surface area contributed by atoms with Crippen molar-refractivity contribution in [1.82, 2.24) is 9.80 Å². The number of hydrogen-bond donors (Lipinski definition) is 1. The molecule has 0 aliphatic carbocycles. The Bertz CT molecular complexity index is 653. The Morgan fingerprint density at radius 3 is 2.74 bits per heavy atom. The minimum Gasteiger partial charge on any atom is -0.467 e. The molecule has 1 fully saturated rings. The summed E-state index contributed by atoms with van der Waals surface area (Å²) < 4.78 is 5.28. The van der Waals surface area contributed by atoms with Gasteiger partial charge < -0.3 is 15.1 Å². The number of piperazine rings is 1. The van der Waals surface area contributed by atoms with Gasteiger partial charge >= 0.3 is 0 Å². The second kappa shape index (κ2) is 6.98. The van der Waals surface area contributed by atoms with E-state index < -0.39 is 0 Å². The Hall–Kier alpha value is -2.11. The average Bonchev–Trinajstić information content (AvgIpc) is 3.04. The molecule has 1 aliphatic rings. The number of amides is 1. The van der Waals surface area contributed by atoms with Crippen LogP contribution in [0.3, 0.4) is 0 Å².